The molecule has 1 heterocycles. The summed E-state index contributed by atoms with van der Waals surface area (Å²) in [6.45, 7) is 2.85. The van der Waals surface area contributed by atoms with E-state index >= 15 is 0 Å². The summed E-state index contributed by atoms with van der Waals surface area (Å²) in [4.78, 5) is 12.5. The van der Waals surface area contributed by atoms with E-state index in [0.717, 1.165) is 24.8 Å². The Balaban J connectivity index is 1.76. The fraction of sp³-hybridized carbons (Fsp3) is 0.300. The lowest BCUT2D eigenvalue weighted by molar-refractivity contribution is 0.0954. The third kappa shape index (κ3) is 4.61. The monoisotopic (exact) mass is 385 g/mol. The van der Waals surface area contributed by atoms with Crippen LogP contribution in [0.3, 0.4) is 0 Å². The van der Waals surface area contributed by atoms with Crippen molar-refractivity contribution in [3.05, 3.63) is 65.7 Å². The van der Waals surface area contributed by atoms with Gasteiger partial charge in [0, 0.05) is 18.7 Å². The Kier molecular flexibility index (Phi) is 6.03. The molecule has 0 aromatic heterocycles. The number of sulfonamides is 1. The summed E-state index contributed by atoms with van der Waals surface area (Å²) < 4.78 is 27.1. The van der Waals surface area contributed by atoms with Crippen molar-refractivity contribution in [2.45, 2.75) is 31.1 Å². The SMILES string of the molecule is CC(=NNC(=O)c1cccc(S(=O)(=O)N2CCCCC2)c1)c1ccccc1. The number of benzene rings is 2. The Labute approximate surface area is 159 Å². The van der Waals surface area contributed by atoms with E-state index in [0.29, 0.717) is 18.8 Å². The van der Waals surface area contributed by atoms with E-state index in [9.17, 15) is 13.2 Å². The van der Waals surface area contributed by atoms with Gasteiger partial charge in [0.05, 0.1) is 10.6 Å². The molecule has 1 aliphatic rings. The summed E-state index contributed by atoms with van der Waals surface area (Å²) in [5.41, 5.74) is 4.33. The minimum atomic E-state index is -3.57. The molecule has 0 saturated carbocycles. The van der Waals surface area contributed by atoms with E-state index in [1.807, 2.05) is 30.3 Å². The first-order valence-electron chi connectivity index (χ1n) is 8.99. The second-order valence-corrected chi connectivity index (χ2v) is 8.43. The van der Waals surface area contributed by atoms with Gasteiger partial charge in [-0.2, -0.15) is 9.41 Å². The van der Waals surface area contributed by atoms with Crippen molar-refractivity contribution >= 4 is 21.6 Å². The number of hydrazone groups is 1. The third-order valence-electron chi connectivity index (χ3n) is 4.57. The molecule has 3 rings (SSSR count). The number of amides is 1. The van der Waals surface area contributed by atoms with Crippen LogP contribution in [0.4, 0.5) is 0 Å². The fourth-order valence-corrected chi connectivity index (χ4v) is 4.56. The van der Waals surface area contributed by atoms with Crippen LogP contribution in [0.2, 0.25) is 0 Å². The van der Waals surface area contributed by atoms with Gasteiger partial charge in [-0.05, 0) is 43.5 Å². The van der Waals surface area contributed by atoms with Gasteiger partial charge in [0.1, 0.15) is 0 Å². The molecule has 1 fully saturated rings. The van der Waals surface area contributed by atoms with Gasteiger partial charge in [-0.25, -0.2) is 13.8 Å². The summed E-state index contributed by atoms with van der Waals surface area (Å²) in [7, 11) is -3.57. The quantitative estimate of drug-likeness (QED) is 0.635. The van der Waals surface area contributed by atoms with Crippen LogP contribution in [0.15, 0.2) is 64.6 Å². The molecule has 0 spiro atoms. The van der Waals surface area contributed by atoms with E-state index in [1.54, 1.807) is 19.1 Å². The maximum atomic E-state index is 12.8. The molecule has 0 atom stereocenters. The molecule has 6 nitrogen and oxygen atoms in total. The van der Waals surface area contributed by atoms with Crippen molar-refractivity contribution < 1.29 is 13.2 Å². The van der Waals surface area contributed by atoms with Crippen LogP contribution in [-0.2, 0) is 10.0 Å². The van der Waals surface area contributed by atoms with E-state index < -0.39 is 15.9 Å². The van der Waals surface area contributed by atoms with Crippen molar-refractivity contribution in [1.29, 1.82) is 0 Å². The lowest BCUT2D eigenvalue weighted by Crippen LogP contribution is -2.35. The third-order valence-corrected chi connectivity index (χ3v) is 6.46. The maximum absolute atomic E-state index is 12.8. The van der Waals surface area contributed by atoms with Gasteiger partial charge in [0.2, 0.25) is 10.0 Å². The first-order chi connectivity index (χ1) is 13.0. The molecule has 7 heteroatoms. The average Bonchev–Trinajstić information content (AvgIpc) is 2.73. The van der Waals surface area contributed by atoms with Crippen LogP contribution in [0, 0.1) is 0 Å². The van der Waals surface area contributed by atoms with Crippen LogP contribution in [-0.4, -0.2) is 37.4 Å². The Morgan fingerprint density at radius 3 is 2.33 bits per heavy atom. The predicted octanol–water partition coefficient (Wildman–Crippen LogP) is 3.02. The van der Waals surface area contributed by atoms with Crippen LogP contribution < -0.4 is 5.43 Å². The van der Waals surface area contributed by atoms with Crippen molar-refractivity contribution in [3.8, 4) is 0 Å². The molecule has 1 saturated heterocycles. The lowest BCUT2D eigenvalue weighted by Gasteiger charge is -2.25. The molecule has 27 heavy (non-hydrogen) atoms. The molecule has 0 bridgehead atoms. The highest BCUT2D eigenvalue weighted by molar-refractivity contribution is 7.89. The van der Waals surface area contributed by atoms with Crippen molar-refractivity contribution in [3.63, 3.8) is 0 Å². The summed E-state index contributed by atoms with van der Waals surface area (Å²) in [5, 5.41) is 4.11. The largest absolute Gasteiger partial charge is 0.271 e. The van der Waals surface area contributed by atoms with Crippen LogP contribution in [0.1, 0.15) is 42.1 Å². The van der Waals surface area contributed by atoms with Crippen LogP contribution in [0.25, 0.3) is 0 Å². The highest BCUT2D eigenvalue weighted by atomic mass is 32.2. The Hall–Kier alpha value is -2.51. The lowest BCUT2D eigenvalue weighted by atomic mass is 10.1. The number of hydrogen-bond acceptors (Lipinski definition) is 4. The number of hydrogen-bond donors (Lipinski definition) is 1. The minimum absolute atomic E-state index is 0.140. The number of rotatable bonds is 5. The molecule has 2 aromatic carbocycles. The van der Waals surface area contributed by atoms with E-state index in [1.165, 1.54) is 16.4 Å². The van der Waals surface area contributed by atoms with E-state index in [2.05, 4.69) is 10.5 Å². The second-order valence-electron chi connectivity index (χ2n) is 6.50. The van der Waals surface area contributed by atoms with Gasteiger partial charge in [-0.3, -0.25) is 4.79 Å². The number of nitrogens with one attached hydrogen (secondary N) is 1. The van der Waals surface area contributed by atoms with Gasteiger partial charge in [-0.1, -0.05) is 42.8 Å². The van der Waals surface area contributed by atoms with E-state index in [4.69, 9.17) is 0 Å². The van der Waals surface area contributed by atoms with Gasteiger partial charge in [-0.15, -0.1) is 0 Å². The Morgan fingerprint density at radius 1 is 0.963 bits per heavy atom. The Morgan fingerprint density at radius 2 is 1.63 bits per heavy atom. The maximum Gasteiger partial charge on any atom is 0.271 e. The van der Waals surface area contributed by atoms with Gasteiger partial charge < -0.3 is 0 Å². The molecule has 1 aliphatic heterocycles. The van der Waals surface area contributed by atoms with Gasteiger partial charge in [0.25, 0.3) is 5.91 Å². The minimum Gasteiger partial charge on any atom is -0.267 e. The van der Waals surface area contributed by atoms with Crippen molar-refractivity contribution in [1.82, 2.24) is 9.73 Å². The first kappa shape index (κ1) is 19.3. The summed E-state index contributed by atoms with van der Waals surface area (Å²) >= 11 is 0. The van der Waals surface area contributed by atoms with Crippen molar-refractivity contribution in [2.75, 3.05) is 13.1 Å². The molecule has 142 valence electrons. The molecule has 0 unspecified atom stereocenters. The van der Waals surface area contributed by atoms with Gasteiger partial charge >= 0.3 is 0 Å². The molecule has 1 N–H and O–H groups in total. The smallest absolute Gasteiger partial charge is 0.267 e. The molecular formula is C20H23N3O3S. The zero-order valence-corrected chi connectivity index (χ0v) is 16.1. The first-order valence-corrected chi connectivity index (χ1v) is 10.4. The normalized spacial score (nSPS) is 16.1. The number of piperidine rings is 1. The summed E-state index contributed by atoms with van der Waals surface area (Å²) in [5.74, 6) is -0.444. The molecule has 0 aliphatic carbocycles. The highest BCUT2D eigenvalue weighted by Crippen LogP contribution is 2.21. The van der Waals surface area contributed by atoms with Crippen molar-refractivity contribution in [2.24, 2.45) is 5.10 Å². The predicted molar refractivity (Wildman–Crippen MR) is 105 cm³/mol. The zero-order valence-electron chi connectivity index (χ0n) is 15.3. The number of nitrogens with zero attached hydrogens (tertiary/aromatic N) is 2. The summed E-state index contributed by atoms with van der Waals surface area (Å²) in [6.07, 6.45) is 2.78. The standard InChI is InChI=1S/C20H23N3O3S/c1-16(17-9-4-2-5-10-17)21-22-20(24)18-11-8-12-19(15-18)27(25,26)23-13-6-3-7-14-23/h2,4-5,8-12,15H,3,6-7,13-14H2,1H3,(H,22,24). The average molecular weight is 385 g/mol. The summed E-state index contributed by atoms with van der Waals surface area (Å²) in [6, 6.07) is 15.6. The topological polar surface area (TPSA) is 78.8 Å². The van der Waals surface area contributed by atoms with E-state index in [-0.39, 0.29) is 10.5 Å². The van der Waals surface area contributed by atoms with Crippen LogP contribution >= 0.6 is 0 Å². The number of carbonyl (C=O) groups is 1. The second kappa shape index (κ2) is 8.45. The molecule has 0 radical (unpaired) electrons. The van der Waals surface area contributed by atoms with Gasteiger partial charge in [0.15, 0.2) is 0 Å². The fourth-order valence-electron chi connectivity index (χ4n) is 3.00. The highest BCUT2D eigenvalue weighted by Gasteiger charge is 2.26. The Bertz CT molecular complexity index is 934. The zero-order chi connectivity index (χ0) is 19.3. The molecular weight excluding hydrogens is 362 g/mol. The number of carbonyl (C=O) groups excluding carboxylic acids is 1. The van der Waals surface area contributed by atoms with Crippen LogP contribution in [0.5, 0.6) is 0 Å². The molecule has 1 amide bonds. The molecule has 2 aromatic rings.